The smallest absolute Gasteiger partial charge is 0.413 e. The standard InChI is InChI=1S/C18H18N2O5S/c1-11-6-8-13(9-7-11)26-16-14(5-4-10-19-16)17(22)25-12(2)15(21)20-18(23)24-3/h4-10,12H,1-3H3,(H,20,21,23)/t12-/m0/s1. The molecule has 2 aromatic rings. The highest BCUT2D eigenvalue weighted by molar-refractivity contribution is 7.99. The van der Waals surface area contributed by atoms with Crippen molar-refractivity contribution in [3.8, 4) is 0 Å². The SMILES string of the molecule is COC(=O)NC(=O)[C@H](C)OC(=O)c1cccnc1Sc1ccc(C)cc1. The number of alkyl carbamates (subject to hydrolysis) is 1. The van der Waals surface area contributed by atoms with Crippen molar-refractivity contribution in [3.05, 3.63) is 53.7 Å². The van der Waals surface area contributed by atoms with E-state index in [-0.39, 0.29) is 5.56 Å². The van der Waals surface area contributed by atoms with Crippen molar-refractivity contribution in [1.82, 2.24) is 10.3 Å². The first-order chi connectivity index (χ1) is 12.4. The lowest BCUT2D eigenvalue weighted by Gasteiger charge is -2.13. The lowest BCUT2D eigenvalue weighted by Crippen LogP contribution is -2.39. The van der Waals surface area contributed by atoms with Gasteiger partial charge in [0.25, 0.3) is 5.91 Å². The number of pyridine rings is 1. The Bertz CT molecular complexity index is 807. The first kappa shape index (κ1) is 19.5. The fourth-order valence-electron chi connectivity index (χ4n) is 1.88. The molecular weight excluding hydrogens is 356 g/mol. The van der Waals surface area contributed by atoms with E-state index in [1.54, 1.807) is 18.3 Å². The number of imide groups is 1. The maximum Gasteiger partial charge on any atom is 0.413 e. The molecule has 0 fully saturated rings. The lowest BCUT2D eigenvalue weighted by atomic mass is 10.2. The number of nitrogens with one attached hydrogen (secondary N) is 1. The maximum atomic E-state index is 12.4. The molecule has 2 rings (SSSR count). The monoisotopic (exact) mass is 374 g/mol. The molecule has 0 unspecified atom stereocenters. The molecule has 0 spiro atoms. The summed E-state index contributed by atoms with van der Waals surface area (Å²) in [7, 11) is 1.13. The summed E-state index contributed by atoms with van der Waals surface area (Å²) >= 11 is 1.31. The van der Waals surface area contributed by atoms with E-state index in [1.807, 2.05) is 36.5 Å². The number of nitrogens with zero attached hydrogens (tertiary/aromatic N) is 1. The molecule has 1 aromatic carbocycles. The largest absolute Gasteiger partial charge is 0.453 e. The Balaban J connectivity index is 2.10. The molecule has 1 heterocycles. The number of methoxy groups -OCH3 is 1. The number of carbonyl (C=O) groups is 3. The van der Waals surface area contributed by atoms with Gasteiger partial charge in [0.15, 0.2) is 6.10 Å². The van der Waals surface area contributed by atoms with Crippen LogP contribution in [-0.4, -0.2) is 36.2 Å². The predicted molar refractivity (Wildman–Crippen MR) is 95.0 cm³/mol. The van der Waals surface area contributed by atoms with E-state index in [2.05, 4.69) is 9.72 Å². The fourth-order valence-corrected chi connectivity index (χ4v) is 2.75. The molecule has 0 aliphatic heterocycles. The van der Waals surface area contributed by atoms with Crippen molar-refractivity contribution in [3.63, 3.8) is 0 Å². The molecule has 0 saturated heterocycles. The third-order valence-electron chi connectivity index (χ3n) is 3.29. The maximum absolute atomic E-state index is 12.4. The van der Waals surface area contributed by atoms with Crippen LogP contribution in [0.4, 0.5) is 4.79 Å². The molecular formula is C18H18N2O5S. The zero-order valence-electron chi connectivity index (χ0n) is 14.5. The topological polar surface area (TPSA) is 94.6 Å². The van der Waals surface area contributed by atoms with E-state index in [4.69, 9.17) is 4.74 Å². The predicted octanol–water partition coefficient (Wildman–Crippen LogP) is 2.97. The number of hydrogen-bond acceptors (Lipinski definition) is 7. The molecule has 1 atom stereocenters. The number of aryl methyl sites for hydroxylation is 1. The molecule has 0 saturated carbocycles. The quantitative estimate of drug-likeness (QED) is 0.804. The van der Waals surface area contributed by atoms with Crippen LogP contribution in [-0.2, 0) is 14.3 Å². The van der Waals surface area contributed by atoms with Crippen molar-refractivity contribution < 1.29 is 23.9 Å². The van der Waals surface area contributed by atoms with Gasteiger partial charge in [-0.05, 0) is 38.1 Å². The van der Waals surface area contributed by atoms with Crippen LogP contribution in [0, 0.1) is 6.92 Å². The number of benzene rings is 1. The molecule has 7 nitrogen and oxygen atoms in total. The minimum atomic E-state index is -1.17. The van der Waals surface area contributed by atoms with Crippen molar-refractivity contribution in [2.45, 2.75) is 29.9 Å². The third-order valence-corrected chi connectivity index (χ3v) is 4.32. The first-order valence-corrected chi connectivity index (χ1v) is 8.51. The summed E-state index contributed by atoms with van der Waals surface area (Å²) in [5, 5.41) is 2.41. The number of esters is 1. The zero-order valence-corrected chi connectivity index (χ0v) is 15.3. The normalized spacial score (nSPS) is 11.3. The molecule has 0 bridgehead atoms. The highest BCUT2D eigenvalue weighted by atomic mass is 32.2. The van der Waals surface area contributed by atoms with E-state index in [0.717, 1.165) is 17.6 Å². The number of amides is 2. The van der Waals surface area contributed by atoms with Gasteiger partial charge in [-0.25, -0.2) is 14.6 Å². The Morgan fingerprint density at radius 3 is 2.50 bits per heavy atom. The van der Waals surface area contributed by atoms with Gasteiger partial charge < -0.3 is 9.47 Å². The Labute approximate surface area is 155 Å². The summed E-state index contributed by atoms with van der Waals surface area (Å²) in [5.41, 5.74) is 1.36. The molecule has 0 aliphatic carbocycles. The molecule has 1 N–H and O–H groups in total. The van der Waals surface area contributed by atoms with Gasteiger partial charge in [-0.1, -0.05) is 29.5 Å². The van der Waals surface area contributed by atoms with Crippen LogP contribution >= 0.6 is 11.8 Å². The molecule has 1 aromatic heterocycles. The summed E-state index contributed by atoms with van der Waals surface area (Å²) in [5.74, 6) is -1.48. The molecule has 136 valence electrons. The Morgan fingerprint density at radius 1 is 1.15 bits per heavy atom. The van der Waals surface area contributed by atoms with E-state index < -0.39 is 24.1 Å². The van der Waals surface area contributed by atoms with E-state index >= 15 is 0 Å². The molecule has 0 radical (unpaired) electrons. The second-order valence-corrected chi connectivity index (χ2v) is 6.36. The highest BCUT2D eigenvalue weighted by Crippen LogP contribution is 2.29. The van der Waals surface area contributed by atoms with Crippen LogP contribution in [0.2, 0.25) is 0 Å². The van der Waals surface area contributed by atoms with Crippen LogP contribution in [0.15, 0.2) is 52.5 Å². The van der Waals surface area contributed by atoms with E-state index in [0.29, 0.717) is 5.03 Å². The van der Waals surface area contributed by atoms with Crippen LogP contribution < -0.4 is 5.32 Å². The van der Waals surface area contributed by atoms with Gasteiger partial charge in [-0.2, -0.15) is 0 Å². The first-order valence-electron chi connectivity index (χ1n) is 7.70. The second kappa shape index (κ2) is 9.00. The second-order valence-electron chi connectivity index (χ2n) is 5.30. The van der Waals surface area contributed by atoms with E-state index in [9.17, 15) is 14.4 Å². The van der Waals surface area contributed by atoms with Gasteiger partial charge in [0.05, 0.1) is 12.7 Å². The van der Waals surface area contributed by atoms with Gasteiger partial charge in [0.1, 0.15) is 5.03 Å². The van der Waals surface area contributed by atoms with Gasteiger partial charge in [0, 0.05) is 11.1 Å². The van der Waals surface area contributed by atoms with Crippen LogP contribution in [0.5, 0.6) is 0 Å². The summed E-state index contributed by atoms with van der Waals surface area (Å²) in [6, 6.07) is 10.9. The van der Waals surface area contributed by atoms with Crippen LogP contribution in [0.3, 0.4) is 0 Å². The van der Waals surface area contributed by atoms with Crippen molar-refractivity contribution in [1.29, 1.82) is 0 Å². The van der Waals surface area contributed by atoms with Gasteiger partial charge in [-0.15, -0.1) is 0 Å². The van der Waals surface area contributed by atoms with Crippen LogP contribution in [0.1, 0.15) is 22.8 Å². The Kier molecular flexibility index (Phi) is 6.74. The Morgan fingerprint density at radius 2 is 1.85 bits per heavy atom. The number of aromatic nitrogens is 1. The molecule has 0 aliphatic rings. The summed E-state index contributed by atoms with van der Waals surface area (Å²) in [6.07, 6.45) is -0.519. The summed E-state index contributed by atoms with van der Waals surface area (Å²) in [6.45, 7) is 3.35. The summed E-state index contributed by atoms with van der Waals surface area (Å²) in [4.78, 5) is 40.4. The zero-order chi connectivity index (χ0) is 19.1. The van der Waals surface area contributed by atoms with Gasteiger partial charge in [0.2, 0.25) is 0 Å². The van der Waals surface area contributed by atoms with Crippen molar-refractivity contribution >= 4 is 29.7 Å². The molecule has 2 amide bonds. The van der Waals surface area contributed by atoms with Gasteiger partial charge >= 0.3 is 12.1 Å². The lowest BCUT2D eigenvalue weighted by molar-refractivity contribution is -0.128. The van der Waals surface area contributed by atoms with Gasteiger partial charge in [-0.3, -0.25) is 10.1 Å². The average molecular weight is 374 g/mol. The molecule has 26 heavy (non-hydrogen) atoms. The molecule has 8 heteroatoms. The Hall–Kier alpha value is -2.87. The van der Waals surface area contributed by atoms with Crippen molar-refractivity contribution in [2.75, 3.05) is 7.11 Å². The van der Waals surface area contributed by atoms with Crippen molar-refractivity contribution in [2.24, 2.45) is 0 Å². The van der Waals surface area contributed by atoms with Crippen LogP contribution in [0.25, 0.3) is 0 Å². The minimum absolute atomic E-state index is 0.232. The number of carbonyl (C=O) groups excluding carboxylic acids is 3. The number of ether oxygens (including phenoxy) is 2. The summed E-state index contributed by atoms with van der Waals surface area (Å²) < 4.78 is 9.46. The minimum Gasteiger partial charge on any atom is -0.453 e. The number of hydrogen-bond donors (Lipinski definition) is 1. The highest BCUT2D eigenvalue weighted by Gasteiger charge is 2.23. The fraction of sp³-hybridized carbons (Fsp3) is 0.222. The van der Waals surface area contributed by atoms with E-state index in [1.165, 1.54) is 18.7 Å². The average Bonchev–Trinajstić information content (AvgIpc) is 2.63. The number of rotatable bonds is 5. The third kappa shape index (κ3) is 5.32.